The number of hydrogen-bond donors (Lipinski definition) is 1. The molecule has 3 aromatic rings. The van der Waals surface area contributed by atoms with Crippen LogP contribution in [0.3, 0.4) is 0 Å². The van der Waals surface area contributed by atoms with Crippen LogP contribution < -0.4 is 10.7 Å². The molecule has 6 heteroatoms. The molecule has 0 fully saturated rings. The number of aryl methyl sites for hydroxylation is 1. The number of amides is 1. The van der Waals surface area contributed by atoms with E-state index >= 15 is 0 Å². The Morgan fingerprint density at radius 2 is 1.87 bits per heavy atom. The predicted octanol–water partition coefficient (Wildman–Crippen LogP) is 2.81. The highest BCUT2D eigenvalue weighted by atomic mass is 19.1. The molecule has 1 amide bonds. The van der Waals surface area contributed by atoms with E-state index in [0.717, 1.165) is 0 Å². The second-order valence-corrected chi connectivity index (χ2v) is 4.97. The number of halogens is 1. The SMILES string of the molecule is CCn1nc(C(=O)Nc2ccc(F)cc2)c(=O)c2ccccc21. The number of fused-ring (bicyclic) bond motifs is 1. The van der Waals surface area contributed by atoms with E-state index in [1.165, 1.54) is 24.3 Å². The maximum atomic E-state index is 12.9. The average molecular weight is 311 g/mol. The van der Waals surface area contributed by atoms with Gasteiger partial charge in [0.05, 0.1) is 5.52 Å². The van der Waals surface area contributed by atoms with Crippen molar-refractivity contribution in [1.29, 1.82) is 0 Å². The van der Waals surface area contributed by atoms with Gasteiger partial charge in [-0.25, -0.2) is 4.39 Å². The Bertz CT molecular complexity index is 933. The van der Waals surface area contributed by atoms with E-state index in [-0.39, 0.29) is 5.69 Å². The molecule has 2 aromatic carbocycles. The van der Waals surface area contributed by atoms with Crippen molar-refractivity contribution in [3.63, 3.8) is 0 Å². The van der Waals surface area contributed by atoms with Gasteiger partial charge in [0.2, 0.25) is 5.43 Å². The lowest BCUT2D eigenvalue weighted by molar-refractivity contribution is 0.101. The van der Waals surface area contributed by atoms with Crippen LogP contribution in [0.5, 0.6) is 0 Å². The Hall–Kier alpha value is -3.02. The lowest BCUT2D eigenvalue weighted by Crippen LogP contribution is -2.27. The molecule has 3 rings (SSSR count). The summed E-state index contributed by atoms with van der Waals surface area (Å²) >= 11 is 0. The van der Waals surface area contributed by atoms with Gasteiger partial charge in [0.15, 0.2) is 5.69 Å². The maximum Gasteiger partial charge on any atom is 0.280 e. The number of nitrogens with zero attached hydrogens (tertiary/aromatic N) is 2. The third-order valence-corrected chi connectivity index (χ3v) is 3.48. The van der Waals surface area contributed by atoms with Crippen molar-refractivity contribution < 1.29 is 9.18 Å². The number of anilines is 1. The van der Waals surface area contributed by atoms with Crippen molar-refractivity contribution in [2.45, 2.75) is 13.5 Å². The highest BCUT2D eigenvalue weighted by Gasteiger charge is 2.17. The number of carbonyl (C=O) groups is 1. The van der Waals surface area contributed by atoms with Gasteiger partial charge in [-0.15, -0.1) is 0 Å². The molecular formula is C17H14FN3O2. The first-order chi connectivity index (χ1) is 11.1. The molecule has 0 saturated heterocycles. The molecular weight excluding hydrogens is 297 g/mol. The van der Waals surface area contributed by atoms with Crippen LogP contribution in [0.15, 0.2) is 53.3 Å². The zero-order valence-electron chi connectivity index (χ0n) is 12.4. The van der Waals surface area contributed by atoms with Gasteiger partial charge in [-0.2, -0.15) is 5.10 Å². The second-order valence-electron chi connectivity index (χ2n) is 4.97. The van der Waals surface area contributed by atoms with Crippen LogP contribution in [-0.4, -0.2) is 15.7 Å². The summed E-state index contributed by atoms with van der Waals surface area (Å²) in [6, 6.07) is 12.3. The van der Waals surface area contributed by atoms with Gasteiger partial charge < -0.3 is 5.32 Å². The summed E-state index contributed by atoms with van der Waals surface area (Å²) in [6.07, 6.45) is 0. The minimum absolute atomic E-state index is 0.185. The van der Waals surface area contributed by atoms with Crippen molar-refractivity contribution >= 4 is 22.5 Å². The van der Waals surface area contributed by atoms with Gasteiger partial charge in [-0.1, -0.05) is 12.1 Å². The van der Waals surface area contributed by atoms with Crippen molar-refractivity contribution in [3.05, 3.63) is 70.3 Å². The van der Waals surface area contributed by atoms with E-state index in [2.05, 4.69) is 10.4 Å². The average Bonchev–Trinajstić information content (AvgIpc) is 2.57. The van der Waals surface area contributed by atoms with E-state index in [0.29, 0.717) is 23.1 Å². The molecule has 1 aromatic heterocycles. The number of para-hydroxylation sites is 1. The third-order valence-electron chi connectivity index (χ3n) is 3.48. The number of aromatic nitrogens is 2. The fourth-order valence-electron chi connectivity index (χ4n) is 2.35. The summed E-state index contributed by atoms with van der Waals surface area (Å²) < 4.78 is 14.5. The minimum Gasteiger partial charge on any atom is -0.320 e. The summed E-state index contributed by atoms with van der Waals surface area (Å²) in [6.45, 7) is 2.41. The third kappa shape index (κ3) is 2.83. The van der Waals surface area contributed by atoms with Crippen LogP contribution in [-0.2, 0) is 6.54 Å². The predicted molar refractivity (Wildman–Crippen MR) is 86.0 cm³/mol. The van der Waals surface area contributed by atoms with Gasteiger partial charge >= 0.3 is 0 Å². The van der Waals surface area contributed by atoms with Crippen LogP contribution in [0.4, 0.5) is 10.1 Å². The molecule has 0 saturated carbocycles. The van der Waals surface area contributed by atoms with E-state index < -0.39 is 17.2 Å². The quantitative estimate of drug-likeness (QED) is 0.809. The zero-order valence-corrected chi connectivity index (χ0v) is 12.4. The fourth-order valence-corrected chi connectivity index (χ4v) is 2.35. The zero-order chi connectivity index (χ0) is 16.4. The largest absolute Gasteiger partial charge is 0.320 e. The Morgan fingerprint density at radius 3 is 2.57 bits per heavy atom. The summed E-state index contributed by atoms with van der Waals surface area (Å²) in [5, 5.41) is 7.15. The first kappa shape index (κ1) is 14.9. The summed E-state index contributed by atoms with van der Waals surface area (Å²) in [4.78, 5) is 24.8. The van der Waals surface area contributed by atoms with Gasteiger partial charge in [0.25, 0.3) is 5.91 Å². The molecule has 1 heterocycles. The molecule has 5 nitrogen and oxygen atoms in total. The topological polar surface area (TPSA) is 64.0 Å². The highest BCUT2D eigenvalue weighted by Crippen LogP contribution is 2.12. The molecule has 1 N–H and O–H groups in total. The number of benzene rings is 2. The Labute approximate surface area is 131 Å². The van der Waals surface area contributed by atoms with Crippen molar-refractivity contribution in [2.24, 2.45) is 0 Å². The van der Waals surface area contributed by atoms with Gasteiger partial charge in [0.1, 0.15) is 5.82 Å². The summed E-state index contributed by atoms with van der Waals surface area (Å²) in [5.41, 5.74) is 0.465. The molecule has 0 aliphatic rings. The number of carbonyl (C=O) groups excluding carboxylic acids is 1. The number of hydrogen-bond acceptors (Lipinski definition) is 3. The van der Waals surface area contributed by atoms with E-state index in [1.807, 2.05) is 13.0 Å². The number of nitrogens with one attached hydrogen (secondary N) is 1. The van der Waals surface area contributed by atoms with Crippen molar-refractivity contribution in [3.8, 4) is 0 Å². The van der Waals surface area contributed by atoms with Crippen molar-refractivity contribution in [2.75, 3.05) is 5.32 Å². The van der Waals surface area contributed by atoms with Crippen LogP contribution in [0, 0.1) is 5.82 Å². The van der Waals surface area contributed by atoms with Crippen LogP contribution in [0.25, 0.3) is 10.9 Å². The first-order valence-corrected chi connectivity index (χ1v) is 7.17. The second kappa shape index (κ2) is 6.00. The van der Waals surface area contributed by atoms with Crippen LogP contribution in [0.2, 0.25) is 0 Å². The molecule has 0 aliphatic carbocycles. The van der Waals surface area contributed by atoms with E-state index in [9.17, 15) is 14.0 Å². The first-order valence-electron chi connectivity index (χ1n) is 7.17. The maximum absolute atomic E-state index is 12.9. The normalized spacial score (nSPS) is 10.7. The van der Waals surface area contributed by atoms with E-state index in [4.69, 9.17) is 0 Å². The molecule has 0 spiro atoms. The van der Waals surface area contributed by atoms with Crippen LogP contribution >= 0.6 is 0 Å². The Morgan fingerprint density at radius 1 is 1.17 bits per heavy atom. The Balaban J connectivity index is 2.05. The molecule has 116 valence electrons. The standard InChI is InChI=1S/C17H14FN3O2/c1-2-21-14-6-4-3-5-13(14)16(22)15(20-21)17(23)19-12-9-7-11(18)8-10-12/h3-10H,2H2,1H3,(H,19,23). The van der Waals surface area contributed by atoms with Gasteiger partial charge in [-0.3, -0.25) is 14.3 Å². The molecule has 0 atom stereocenters. The minimum atomic E-state index is -0.616. The van der Waals surface area contributed by atoms with Crippen molar-refractivity contribution in [1.82, 2.24) is 9.78 Å². The van der Waals surface area contributed by atoms with Crippen LogP contribution in [0.1, 0.15) is 17.4 Å². The number of rotatable bonds is 3. The lowest BCUT2D eigenvalue weighted by Gasteiger charge is -2.10. The summed E-state index contributed by atoms with van der Waals surface area (Å²) in [5.74, 6) is -1.02. The van der Waals surface area contributed by atoms with E-state index in [1.54, 1.807) is 22.9 Å². The lowest BCUT2D eigenvalue weighted by atomic mass is 10.2. The molecule has 0 radical (unpaired) electrons. The van der Waals surface area contributed by atoms with Gasteiger partial charge in [-0.05, 0) is 43.3 Å². The van der Waals surface area contributed by atoms with Gasteiger partial charge in [0, 0.05) is 17.6 Å². The monoisotopic (exact) mass is 311 g/mol. The smallest absolute Gasteiger partial charge is 0.280 e. The summed E-state index contributed by atoms with van der Waals surface area (Å²) in [7, 11) is 0. The highest BCUT2D eigenvalue weighted by molar-refractivity contribution is 6.04. The molecule has 23 heavy (non-hydrogen) atoms. The Kier molecular flexibility index (Phi) is 3.89. The fraction of sp³-hybridized carbons (Fsp3) is 0.118. The molecule has 0 bridgehead atoms. The molecule has 0 unspecified atom stereocenters. The molecule has 0 aliphatic heterocycles.